The monoisotopic (exact) mass is 238 g/mol. The molecule has 0 aromatic carbocycles. The van der Waals surface area contributed by atoms with Crippen LogP contribution in [0.5, 0.6) is 0 Å². The zero-order valence-electron chi connectivity index (χ0n) is 10.3. The first-order valence-corrected chi connectivity index (χ1v) is 6.91. The van der Waals surface area contributed by atoms with E-state index >= 15 is 0 Å². The Morgan fingerprint density at radius 3 is 2.88 bits per heavy atom. The molecule has 4 nitrogen and oxygen atoms in total. The molecule has 1 saturated carbocycles. The summed E-state index contributed by atoms with van der Waals surface area (Å²) in [6.07, 6.45) is 6.98. The van der Waals surface area contributed by atoms with Crippen LogP contribution in [0.4, 0.5) is 0 Å². The van der Waals surface area contributed by atoms with Gasteiger partial charge in [0, 0.05) is 18.2 Å². The van der Waals surface area contributed by atoms with Gasteiger partial charge in [-0.25, -0.2) is 0 Å². The molecule has 2 heterocycles. The Kier molecular flexibility index (Phi) is 3.09. The highest BCUT2D eigenvalue weighted by Gasteiger charge is 2.41. The van der Waals surface area contributed by atoms with Gasteiger partial charge in [0.25, 0.3) is 0 Å². The molecule has 3 rings (SSSR count). The molecule has 2 unspecified atom stereocenters. The fourth-order valence-corrected chi connectivity index (χ4v) is 3.33. The smallest absolute Gasteiger partial charge is 0.225 e. The van der Waals surface area contributed by atoms with Gasteiger partial charge >= 0.3 is 0 Å². The third-order valence-electron chi connectivity index (χ3n) is 4.59. The van der Waals surface area contributed by atoms with Crippen molar-refractivity contribution < 1.29 is 9.53 Å². The number of amides is 1. The van der Waals surface area contributed by atoms with E-state index in [1.54, 1.807) is 0 Å². The van der Waals surface area contributed by atoms with Gasteiger partial charge in [0.2, 0.25) is 5.91 Å². The standard InChI is InChI=1S/C13H22N2O2/c16-12(10-3-7-17-9-10)15-11-2-6-14-13(8-11)4-1-5-13/h10-11,14H,1-9H2,(H,15,16). The highest BCUT2D eigenvalue weighted by molar-refractivity contribution is 5.79. The number of hydrogen-bond acceptors (Lipinski definition) is 3. The number of carbonyl (C=O) groups is 1. The number of nitrogens with one attached hydrogen (secondary N) is 2. The van der Waals surface area contributed by atoms with Gasteiger partial charge in [0.1, 0.15) is 0 Å². The minimum absolute atomic E-state index is 0.0993. The van der Waals surface area contributed by atoms with Gasteiger partial charge in [-0.1, -0.05) is 0 Å². The molecule has 0 bridgehead atoms. The maximum atomic E-state index is 12.0. The van der Waals surface area contributed by atoms with E-state index in [9.17, 15) is 4.79 Å². The Hall–Kier alpha value is -0.610. The molecule has 2 aliphatic heterocycles. The summed E-state index contributed by atoms with van der Waals surface area (Å²) < 4.78 is 5.27. The minimum Gasteiger partial charge on any atom is -0.381 e. The van der Waals surface area contributed by atoms with Crippen LogP contribution in [0.3, 0.4) is 0 Å². The predicted octanol–water partition coefficient (Wildman–Crippen LogP) is 0.814. The molecule has 3 aliphatic rings. The lowest BCUT2D eigenvalue weighted by Gasteiger charge is -2.48. The van der Waals surface area contributed by atoms with Gasteiger partial charge in [-0.3, -0.25) is 4.79 Å². The number of rotatable bonds is 2. The Bertz CT molecular complexity index is 296. The molecule has 96 valence electrons. The molecule has 0 aromatic rings. The van der Waals surface area contributed by atoms with Crippen molar-refractivity contribution in [2.75, 3.05) is 19.8 Å². The van der Waals surface area contributed by atoms with Gasteiger partial charge in [-0.05, 0) is 45.1 Å². The van der Waals surface area contributed by atoms with Crippen molar-refractivity contribution in [3.8, 4) is 0 Å². The molecule has 0 aromatic heterocycles. The summed E-state index contributed by atoms with van der Waals surface area (Å²) in [7, 11) is 0. The van der Waals surface area contributed by atoms with Gasteiger partial charge in [0.05, 0.1) is 12.5 Å². The van der Waals surface area contributed by atoms with Crippen molar-refractivity contribution in [2.24, 2.45) is 5.92 Å². The molecule has 1 aliphatic carbocycles. The molecule has 4 heteroatoms. The van der Waals surface area contributed by atoms with E-state index < -0.39 is 0 Å². The summed E-state index contributed by atoms with van der Waals surface area (Å²) in [5.74, 6) is 0.311. The van der Waals surface area contributed by atoms with Gasteiger partial charge in [-0.2, -0.15) is 0 Å². The predicted molar refractivity (Wildman–Crippen MR) is 64.7 cm³/mol. The van der Waals surface area contributed by atoms with Crippen molar-refractivity contribution in [3.05, 3.63) is 0 Å². The molecular formula is C13H22N2O2. The van der Waals surface area contributed by atoms with Crippen molar-refractivity contribution in [1.82, 2.24) is 10.6 Å². The fraction of sp³-hybridized carbons (Fsp3) is 0.923. The second kappa shape index (κ2) is 4.58. The molecule has 17 heavy (non-hydrogen) atoms. The summed E-state index contributed by atoms with van der Waals surface area (Å²) in [5, 5.41) is 6.85. The molecule has 2 N–H and O–H groups in total. The first-order valence-electron chi connectivity index (χ1n) is 6.91. The van der Waals surface area contributed by atoms with Crippen molar-refractivity contribution in [3.63, 3.8) is 0 Å². The number of carbonyl (C=O) groups excluding carboxylic acids is 1. The van der Waals surface area contributed by atoms with E-state index in [2.05, 4.69) is 10.6 Å². The SMILES string of the molecule is O=C(NC1CCNC2(CCC2)C1)C1CCOC1. The first-order chi connectivity index (χ1) is 8.27. The van der Waals surface area contributed by atoms with Crippen LogP contribution < -0.4 is 10.6 Å². The highest BCUT2D eigenvalue weighted by atomic mass is 16.5. The summed E-state index contributed by atoms with van der Waals surface area (Å²) in [6.45, 7) is 2.41. The molecule has 0 radical (unpaired) electrons. The summed E-state index contributed by atoms with van der Waals surface area (Å²) in [5.41, 5.74) is 0.363. The van der Waals surface area contributed by atoms with Gasteiger partial charge in [-0.15, -0.1) is 0 Å². The normalized spacial score (nSPS) is 35.5. The van der Waals surface area contributed by atoms with E-state index in [4.69, 9.17) is 4.74 Å². The molecule has 2 atom stereocenters. The maximum Gasteiger partial charge on any atom is 0.225 e. The fourth-order valence-electron chi connectivity index (χ4n) is 3.33. The van der Waals surface area contributed by atoms with Crippen LogP contribution in [0.15, 0.2) is 0 Å². The first kappa shape index (κ1) is 11.5. The van der Waals surface area contributed by atoms with Crippen LogP contribution in [-0.2, 0) is 9.53 Å². The van der Waals surface area contributed by atoms with E-state index in [1.807, 2.05) is 0 Å². The lowest BCUT2D eigenvalue weighted by Crippen LogP contribution is -2.60. The lowest BCUT2D eigenvalue weighted by atomic mass is 9.70. The largest absolute Gasteiger partial charge is 0.381 e. The second-order valence-electron chi connectivity index (χ2n) is 5.82. The lowest BCUT2D eigenvalue weighted by molar-refractivity contribution is -0.126. The maximum absolute atomic E-state index is 12.0. The van der Waals surface area contributed by atoms with Gasteiger partial charge in [0.15, 0.2) is 0 Å². The molecule has 3 fully saturated rings. The number of ether oxygens (including phenoxy) is 1. The van der Waals surface area contributed by atoms with Crippen LogP contribution in [0.25, 0.3) is 0 Å². The number of hydrogen-bond donors (Lipinski definition) is 2. The Balaban J connectivity index is 1.52. The molecular weight excluding hydrogens is 216 g/mol. The van der Waals surface area contributed by atoms with E-state index in [-0.39, 0.29) is 11.8 Å². The molecule has 1 spiro atoms. The van der Waals surface area contributed by atoms with Gasteiger partial charge < -0.3 is 15.4 Å². The highest BCUT2D eigenvalue weighted by Crippen LogP contribution is 2.38. The zero-order valence-corrected chi connectivity index (χ0v) is 10.3. The Morgan fingerprint density at radius 1 is 1.35 bits per heavy atom. The van der Waals surface area contributed by atoms with E-state index in [0.29, 0.717) is 18.2 Å². The minimum atomic E-state index is 0.0993. The van der Waals surface area contributed by atoms with Crippen LogP contribution >= 0.6 is 0 Å². The molecule has 1 amide bonds. The quantitative estimate of drug-likeness (QED) is 0.748. The topological polar surface area (TPSA) is 50.4 Å². The van der Waals surface area contributed by atoms with E-state index in [1.165, 1.54) is 19.3 Å². The summed E-state index contributed by atoms with van der Waals surface area (Å²) in [6, 6.07) is 0.379. The third-order valence-corrected chi connectivity index (χ3v) is 4.59. The van der Waals surface area contributed by atoms with Crippen LogP contribution in [0, 0.1) is 5.92 Å². The van der Waals surface area contributed by atoms with E-state index in [0.717, 1.165) is 32.4 Å². The van der Waals surface area contributed by atoms with Crippen LogP contribution in [0.1, 0.15) is 38.5 Å². The average Bonchev–Trinajstić information content (AvgIpc) is 2.81. The summed E-state index contributed by atoms with van der Waals surface area (Å²) >= 11 is 0. The second-order valence-corrected chi connectivity index (χ2v) is 5.82. The summed E-state index contributed by atoms with van der Waals surface area (Å²) in [4.78, 5) is 12.0. The Labute approximate surface area is 102 Å². The molecule has 2 saturated heterocycles. The average molecular weight is 238 g/mol. The zero-order chi connectivity index (χ0) is 11.7. The Morgan fingerprint density at radius 2 is 2.24 bits per heavy atom. The van der Waals surface area contributed by atoms with Crippen molar-refractivity contribution in [2.45, 2.75) is 50.1 Å². The number of piperidine rings is 1. The van der Waals surface area contributed by atoms with Crippen LogP contribution in [-0.4, -0.2) is 37.2 Å². The third kappa shape index (κ3) is 2.33. The van der Waals surface area contributed by atoms with Crippen LogP contribution in [0.2, 0.25) is 0 Å². The van der Waals surface area contributed by atoms with Crippen molar-refractivity contribution in [1.29, 1.82) is 0 Å². The van der Waals surface area contributed by atoms with Crippen molar-refractivity contribution >= 4 is 5.91 Å².